The lowest BCUT2D eigenvalue weighted by Gasteiger charge is -2.20. The number of rotatable bonds is 5. The molecule has 8 nitrogen and oxygen atoms in total. The summed E-state index contributed by atoms with van der Waals surface area (Å²) in [6.45, 7) is -0.210. The van der Waals surface area contributed by atoms with Crippen molar-refractivity contribution in [2.45, 2.75) is 24.7 Å². The Kier molecular flexibility index (Phi) is 5.67. The summed E-state index contributed by atoms with van der Waals surface area (Å²) in [5, 5.41) is 32.7. The zero-order valence-corrected chi connectivity index (χ0v) is 14.6. The minimum Gasteiger partial charge on any atom is -0.396 e. The van der Waals surface area contributed by atoms with Gasteiger partial charge in [0.25, 0.3) is 0 Å². The van der Waals surface area contributed by atoms with Crippen molar-refractivity contribution in [2.75, 3.05) is 17.7 Å². The van der Waals surface area contributed by atoms with Crippen LogP contribution in [0.25, 0.3) is 12.2 Å². The first kappa shape index (κ1) is 18.5. The molecule has 1 aliphatic carbocycles. The maximum Gasteiger partial charge on any atom is 0.223 e. The molecule has 0 spiro atoms. The Bertz CT molecular complexity index is 789. The van der Waals surface area contributed by atoms with Crippen molar-refractivity contribution in [2.24, 2.45) is 5.92 Å². The predicted molar refractivity (Wildman–Crippen MR) is 99.2 cm³/mol. The Hall–Kier alpha value is -2.26. The second-order valence-corrected chi connectivity index (χ2v) is 6.52. The molecule has 1 saturated carbocycles. The summed E-state index contributed by atoms with van der Waals surface area (Å²) < 4.78 is 0. The molecule has 0 bridgehead atoms. The number of pyridine rings is 1. The smallest absolute Gasteiger partial charge is 0.223 e. The number of aromatic nitrogens is 3. The summed E-state index contributed by atoms with van der Waals surface area (Å²) in [7, 11) is 0. The highest BCUT2D eigenvalue weighted by molar-refractivity contribution is 6.31. The Morgan fingerprint density at radius 3 is 2.58 bits per heavy atom. The van der Waals surface area contributed by atoms with Crippen molar-refractivity contribution in [3.05, 3.63) is 40.8 Å². The number of aliphatic hydroxyl groups excluding tert-OH is 3. The highest BCUT2D eigenvalue weighted by Gasteiger charge is 2.41. The number of nitrogens with zero attached hydrogens (tertiary/aromatic N) is 3. The molecule has 138 valence electrons. The zero-order chi connectivity index (χ0) is 18.7. The van der Waals surface area contributed by atoms with E-state index in [1.54, 1.807) is 18.5 Å². The van der Waals surface area contributed by atoms with Crippen LogP contribution >= 0.6 is 11.6 Å². The first-order valence-corrected chi connectivity index (χ1v) is 8.52. The zero-order valence-electron chi connectivity index (χ0n) is 13.8. The molecule has 0 aromatic carbocycles. The van der Waals surface area contributed by atoms with E-state index in [1.165, 1.54) is 0 Å². The van der Waals surface area contributed by atoms with Gasteiger partial charge in [0.1, 0.15) is 17.1 Å². The van der Waals surface area contributed by atoms with Crippen LogP contribution in [0.2, 0.25) is 5.15 Å². The van der Waals surface area contributed by atoms with E-state index in [0.29, 0.717) is 17.8 Å². The monoisotopic (exact) mass is 377 g/mol. The molecule has 1 aliphatic rings. The number of anilines is 2. The third kappa shape index (κ3) is 3.94. The molecule has 0 amide bonds. The summed E-state index contributed by atoms with van der Waals surface area (Å²) >= 11 is 6.22. The first-order chi connectivity index (χ1) is 12.5. The van der Waals surface area contributed by atoms with Gasteiger partial charge in [-0.25, -0.2) is 4.98 Å². The van der Waals surface area contributed by atoms with Gasteiger partial charge < -0.3 is 26.4 Å². The van der Waals surface area contributed by atoms with Crippen molar-refractivity contribution >= 4 is 35.5 Å². The van der Waals surface area contributed by atoms with E-state index in [0.717, 1.165) is 5.56 Å². The van der Waals surface area contributed by atoms with E-state index in [4.69, 9.17) is 17.3 Å². The van der Waals surface area contributed by atoms with Crippen LogP contribution in [-0.4, -0.2) is 55.1 Å². The summed E-state index contributed by atoms with van der Waals surface area (Å²) in [4.78, 5) is 12.1. The summed E-state index contributed by atoms with van der Waals surface area (Å²) in [5.74, 6) is -0.0686. The number of nitrogens with one attached hydrogen (secondary N) is 1. The SMILES string of the molecule is Nc1nc(Cl)c(C=Cc2ccncc2)c(N[C@@H]2C[C@H](CO)[C@@H](O)[C@H]2O)n1. The molecule has 9 heteroatoms. The molecule has 2 aromatic heterocycles. The van der Waals surface area contributed by atoms with Gasteiger partial charge >= 0.3 is 0 Å². The lowest BCUT2D eigenvalue weighted by atomic mass is 10.1. The van der Waals surface area contributed by atoms with Crippen LogP contribution in [0.15, 0.2) is 24.5 Å². The van der Waals surface area contributed by atoms with Crippen LogP contribution in [0.3, 0.4) is 0 Å². The molecule has 26 heavy (non-hydrogen) atoms. The molecule has 2 aromatic rings. The predicted octanol–water partition coefficient (Wildman–Crippen LogP) is 0.792. The number of hydrogen-bond acceptors (Lipinski definition) is 8. The number of nitrogen functional groups attached to an aromatic ring is 1. The molecule has 0 saturated heterocycles. The fourth-order valence-corrected chi connectivity index (χ4v) is 3.23. The Balaban J connectivity index is 1.88. The van der Waals surface area contributed by atoms with Gasteiger partial charge in [-0.2, -0.15) is 4.98 Å². The maximum atomic E-state index is 10.2. The van der Waals surface area contributed by atoms with Crippen LogP contribution < -0.4 is 11.1 Å². The van der Waals surface area contributed by atoms with E-state index in [-0.39, 0.29) is 17.7 Å². The minimum atomic E-state index is -1.04. The van der Waals surface area contributed by atoms with E-state index >= 15 is 0 Å². The normalized spacial score (nSPS) is 25.7. The Morgan fingerprint density at radius 2 is 1.92 bits per heavy atom. The molecule has 0 radical (unpaired) electrons. The van der Waals surface area contributed by atoms with Gasteiger partial charge in [0.15, 0.2) is 0 Å². The topological polar surface area (TPSA) is 137 Å². The average molecular weight is 378 g/mol. The number of aliphatic hydroxyl groups is 3. The summed E-state index contributed by atoms with van der Waals surface area (Å²) in [5.41, 5.74) is 7.11. The fraction of sp³-hybridized carbons (Fsp3) is 0.353. The van der Waals surface area contributed by atoms with Crippen LogP contribution in [-0.2, 0) is 0 Å². The maximum absolute atomic E-state index is 10.2. The fourth-order valence-electron chi connectivity index (χ4n) is 2.99. The lowest BCUT2D eigenvalue weighted by molar-refractivity contribution is 0.00445. The van der Waals surface area contributed by atoms with Crippen LogP contribution in [0.5, 0.6) is 0 Å². The molecule has 0 aliphatic heterocycles. The number of nitrogens with two attached hydrogens (primary N) is 1. The van der Waals surface area contributed by atoms with Gasteiger partial charge in [-0.1, -0.05) is 17.7 Å². The standard InChI is InChI=1S/C17H20ClN5O3/c18-15-11(2-1-9-3-5-20-6-4-9)16(23-17(19)22-15)21-12-7-10(8-24)13(25)14(12)26/h1-6,10,12-14,24-26H,7-8H2,(H3,19,21,22,23)/t10-,12-,13-,14+/m1/s1. The van der Waals surface area contributed by atoms with Gasteiger partial charge in [0.2, 0.25) is 5.95 Å². The molecule has 1 fully saturated rings. The lowest BCUT2D eigenvalue weighted by Crippen LogP contribution is -2.35. The molecule has 4 atom stereocenters. The van der Waals surface area contributed by atoms with Gasteiger partial charge in [-0.15, -0.1) is 0 Å². The third-order valence-corrected chi connectivity index (χ3v) is 4.71. The summed E-state index contributed by atoms with van der Waals surface area (Å²) in [6, 6.07) is 3.16. The van der Waals surface area contributed by atoms with Crippen molar-refractivity contribution in [1.82, 2.24) is 15.0 Å². The molecular formula is C17H20ClN5O3. The van der Waals surface area contributed by atoms with E-state index in [2.05, 4.69) is 20.3 Å². The minimum absolute atomic E-state index is 0.00898. The third-order valence-electron chi connectivity index (χ3n) is 4.42. The molecule has 0 unspecified atom stereocenters. The molecule has 3 rings (SSSR count). The van der Waals surface area contributed by atoms with Crippen molar-refractivity contribution in [1.29, 1.82) is 0 Å². The number of halogens is 1. The molecule has 6 N–H and O–H groups in total. The second-order valence-electron chi connectivity index (χ2n) is 6.16. The quantitative estimate of drug-likeness (QED) is 0.482. The van der Waals surface area contributed by atoms with Gasteiger partial charge in [-0.05, 0) is 30.2 Å². The highest BCUT2D eigenvalue weighted by atomic mass is 35.5. The van der Waals surface area contributed by atoms with Gasteiger partial charge in [-0.3, -0.25) is 4.98 Å². The Labute approximate surface area is 155 Å². The van der Waals surface area contributed by atoms with Crippen LogP contribution in [0, 0.1) is 5.92 Å². The van der Waals surface area contributed by atoms with E-state index in [1.807, 2.05) is 18.2 Å². The molecular weight excluding hydrogens is 358 g/mol. The van der Waals surface area contributed by atoms with Crippen molar-refractivity contribution < 1.29 is 15.3 Å². The van der Waals surface area contributed by atoms with Crippen molar-refractivity contribution in [3.63, 3.8) is 0 Å². The first-order valence-electron chi connectivity index (χ1n) is 8.14. The average Bonchev–Trinajstić information content (AvgIpc) is 2.89. The number of hydrogen-bond donors (Lipinski definition) is 5. The van der Waals surface area contributed by atoms with Crippen molar-refractivity contribution in [3.8, 4) is 0 Å². The summed E-state index contributed by atoms with van der Waals surface area (Å²) in [6.07, 6.45) is 5.23. The molecule has 2 heterocycles. The van der Waals surface area contributed by atoms with Gasteiger partial charge in [0.05, 0.1) is 17.7 Å². The highest BCUT2D eigenvalue weighted by Crippen LogP contribution is 2.31. The van der Waals surface area contributed by atoms with Crippen LogP contribution in [0.4, 0.5) is 11.8 Å². The van der Waals surface area contributed by atoms with E-state index in [9.17, 15) is 15.3 Å². The van der Waals surface area contributed by atoms with Crippen LogP contribution in [0.1, 0.15) is 17.5 Å². The largest absolute Gasteiger partial charge is 0.396 e. The Morgan fingerprint density at radius 1 is 1.19 bits per heavy atom. The van der Waals surface area contributed by atoms with E-state index < -0.39 is 24.2 Å². The van der Waals surface area contributed by atoms with Gasteiger partial charge in [0, 0.05) is 24.9 Å². The second kappa shape index (κ2) is 7.96.